The van der Waals surface area contributed by atoms with Gasteiger partial charge in [-0.05, 0) is 25.3 Å². The Kier molecular flexibility index (Phi) is 5.25. The molecule has 1 atom stereocenters. The standard InChI is InChI=1S/C18H16N2O3S2/c1-3-4-5-8-14(21)23-11(2)16-19-17(22)15-12(10-25-18(15)20-16)13-7-6-9-24-13/h3-11H,1-2H3,(H,19,20,22)/b4-3+,8-5+/t11-/m1/s1. The van der Waals surface area contributed by atoms with E-state index in [2.05, 4.69) is 9.97 Å². The Hall–Kier alpha value is -2.51. The highest BCUT2D eigenvalue weighted by Gasteiger charge is 2.18. The van der Waals surface area contributed by atoms with Crippen LogP contribution in [-0.4, -0.2) is 15.9 Å². The van der Waals surface area contributed by atoms with Crippen LogP contribution in [0.5, 0.6) is 0 Å². The van der Waals surface area contributed by atoms with Crippen LogP contribution in [0.4, 0.5) is 0 Å². The highest BCUT2D eigenvalue weighted by molar-refractivity contribution is 7.18. The third-order valence-electron chi connectivity index (χ3n) is 3.46. The molecule has 0 spiro atoms. The molecular formula is C18H16N2O3S2. The highest BCUT2D eigenvalue weighted by atomic mass is 32.1. The van der Waals surface area contributed by atoms with Crippen LogP contribution in [0, 0.1) is 0 Å². The van der Waals surface area contributed by atoms with Crippen LogP contribution >= 0.6 is 22.7 Å². The highest BCUT2D eigenvalue weighted by Crippen LogP contribution is 2.33. The molecule has 3 aromatic heterocycles. The summed E-state index contributed by atoms with van der Waals surface area (Å²) in [5.41, 5.74) is 0.659. The quantitative estimate of drug-likeness (QED) is 0.408. The Morgan fingerprint density at radius 1 is 1.36 bits per heavy atom. The molecule has 0 aromatic carbocycles. The molecule has 0 saturated heterocycles. The Labute approximate surface area is 152 Å². The molecule has 0 fully saturated rings. The molecule has 3 heterocycles. The number of esters is 1. The van der Waals surface area contributed by atoms with Gasteiger partial charge >= 0.3 is 5.97 Å². The van der Waals surface area contributed by atoms with Gasteiger partial charge in [-0.2, -0.15) is 0 Å². The third-order valence-corrected chi connectivity index (χ3v) is 5.24. The molecule has 0 bridgehead atoms. The summed E-state index contributed by atoms with van der Waals surface area (Å²) in [6, 6.07) is 3.92. The predicted molar refractivity (Wildman–Crippen MR) is 102 cm³/mol. The third kappa shape index (κ3) is 3.78. The van der Waals surface area contributed by atoms with Gasteiger partial charge in [0.1, 0.15) is 4.83 Å². The SMILES string of the molecule is C/C=C/C=C/C(=O)O[C@H](C)c1nc2scc(-c3cccs3)c2c(=O)[nH]1. The van der Waals surface area contributed by atoms with Gasteiger partial charge in [-0.1, -0.05) is 24.3 Å². The smallest absolute Gasteiger partial charge is 0.331 e. The molecule has 25 heavy (non-hydrogen) atoms. The van der Waals surface area contributed by atoms with Crippen molar-refractivity contribution in [2.45, 2.75) is 20.0 Å². The Balaban J connectivity index is 1.89. The number of hydrogen-bond acceptors (Lipinski definition) is 6. The number of allylic oxidation sites excluding steroid dienone is 3. The minimum absolute atomic E-state index is 0.225. The molecule has 0 saturated carbocycles. The molecule has 0 amide bonds. The van der Waals surface area contributed by atoms with Gasteiger partial charge in [0.25, 0.3) is 5.56 Å². The van der Waals surface area contributed by atoms with Crippen molar-refractivity contribution in [2.75, 3.05) is 0 Å². The zero-order chi connectivity index (χ0) is 17.8. The largest absolute Gasteiger partial charge is 0.451 e. The predicted octanol–water partition coefficient (Wildman–Crippen LogP) is 4.45. The van der Waals surface area contributed by atoms with Crippen LogP contribution in [-0.2, 0) is 9.53 Å². The summed E-state index contributed by atoms with van der Waals surface area (Å²) in [6.07, 6.45) is 5.82. The second kappa shape index (κ2) is 7.58. The fourth-order valence-electron chi connectivity index (χ4n) is 2.29. The monoisotopic (exact) mass is 372 g/mol. The zero-order valence-electron chi connectivity index (χ0n) is 13.7. The maximum absolute atomic E-state index is 12.5. The van der Waals surface area contributed by atoms with Gasteiger partial charge in [0, 0.05) is 21.9 Å². The zero-order valence-corrected chi connectivity index (χ0v) is 15.3. The van der Waals surface area contributed by atoms with Crippen molar-refractivity contribution in [3.05, 3.63) is 63.4 Å². The first-order valence-corrected chi connectivity index (χ1v) is 9.41. The van der Waals surface area contributed by atoms with E-state index < -0.39 is 12.1 Å². The van der Waals surface area contributed by atoms with Crippen LogP contribution in [0.15, 0.2) is 52.0 Å². The normalized spacial score (nSPS) is 13.0. The lowest BCUT2D eigenvalue weighted by atomic mass is 10.2. The van der Waals surface area contributed by atoms with Crippen molar-refractivity contribution < 1.29 is 9.53 Å². The lowest BCUT2D eigenvalue weighted by molar-refractivity contribution is -0.142. The van der Waals surface area contributed by atoms with Gasteiger partial charge in [-0.3, -0.25) is 4.79 Å². The molecule has 3 aromatic rings. The molecule has 3 rings (SSSR count). The van der Waals surface area contributed by atoms with Crippen molar-refractivity contribution in [1.29, 1.82) is 0 Å². The van der Waals surface area contributed by atoms with Crippen molar-refractivity contribution >= 4 is 38.9 Å². The van der Waals surface area contributed by atoms with Gasteiger partial charge in [0.2, 0.25) is 0 Å². The molecule has 0 unspecified atom stereocenters. The molecule has 0 radical (unpaired) electrons. The number of carbonyl (C=O) groups excluding carboxylic acids is 1. The van der Waals surface area contributed by atoms with E-state index in [0.29, 0.717) is 16.0 Å². The minimum atomic E-state index is -0.646. The van der Waals surface area contributed by atoms with Crippen molar-refractivity contribution in [1.82, 2.24) is 9.97 Å². The number of H-pyrrole nitrogens is 1. The van der Waals surface area contributed by atoms with Gasteiger partial charge in [0.05, 0.1) is 5.39 Å². The lowest BCUT2D eigenvalue weighted by Crippen LogP contribution is -2.16. The van der Waals surface area contributed by atoms with E-state index in [1.165, 1.54) is 17.4 Å². The van der Waals surface area contributed by atoms with Gasteiger partial charge in [-0.15, -0.1) is 22.7 Å². The first kappa shape index (κ1) is 17.3. The number of aromatic amines is 1. The average molecular weight is 372 g/mol. The maximum Gasteiger partial charge on any atom is 0.331 e. The number of thiophene rings is 2. The molecule has 0 aliphatic carbocycles. The summed E-state index contributed by atoms with van der Waals surface area (Å²) in [5, 5.41) is 4.47. The van der Waals surface area contributed by atoms with Crippen LogP contribution in [0.1, 0.15) is 25.8 Å². The summed E-state index contributed by atoms with van der Waals surface area (Å²) in [4.78, 5) is 33.2. The molecule has 128 valence electrons. The van der Waals surface area contributed by atoms with Gasteiger partial charge in [-0.25, -0.2) is 9.78 Å². The maximum atomic E-state index is 12.5. The molecule has 0 aliphatic heterocycles. The van der Waals surface area contributed by atoms with E-state index in [1.54, 1.807) is 30.4 Å². The second-order valence-corrected chi connectivity index (χ2v) is 7.03. The number of nitrogens with zero attached hydrogens (tertiary/aromatic N) is 1. The fraction of sp³-hybridized carbons (Fsp3) is 0.167. The minimum Gasteiger partial charge on any atom is -0.451 e. The number of ether oxygens (including phenoxy) is 1. The summed E-state index contributed by atoms with van der Waals surface area (Å²) in [7, 11) is 0. The first-order chi connectivity index (χ1) is 12.1. The van der Waals surface area contributed by atoms with Crippen LogP contribution in [0.3, 0.4) is 0 Å². The van der Waals surface area contributed by atoms with Gasteiger partial charge < -0.3 is 9.72 Å². The summed E-state index contributed by atoms with van der Waals surface area (Å²) >= 11 is 2.98. The Morgan fingerprint density at radius 2 is 2.20 bits per heavy atom. The molecule has 7 heteroatoms. The summed E-state index contributed by atoms with van der Waals surface area (Å²) in [6.45, 7) is 3.53. The van der Waals surface area contributed by atoms with Crippen LogP contribution < -0.4 is 5.56 Å². The number of hydrogen-bond donors (Lipinski definition) is 1. The molecular weight excluding hydrogens is 356 g/mol. The number of aromatic nitrogens is 2. The Bertz CT molecular complexity index is 997. The number of fused-ring (bicyclic) bond motifs is 1. The lowest BCUT2D eigenvalue weighted by Gasteiger charge is -2.10. The van der Waals surface area contributed by atoms with Crippen LogP contribution in [0.25, 0.3) is 20.7 Å². The number of carbonyl (C=O) groups is 1. The van der Waals surface area contributed by atoms with E-state index in [4.69, 9.17) is 4.74 Å². The van der Waals surface area contributed by atoms with E-state index in [-0.39, 0.29) is 5.56 Å². The van der Waals surface area contributed by atoms with Crippen molar-refractivity contribution in [2.24, 2.45) is 0 Å². The van der Waals surface area contributed by atoms with E-state index >= 15 is 0 Å². The topological polar surface area (TPSA) is 72.0 Å². The van der Waals surface area contributed by atoms with Crippen molar-refractivity contribution in [3.8, 4) is 10.4 Å². The molecule has 0 aliphatic rings. The van der Waals surface area contributed by atoms with E-state index in [0.717, 1.165) is 10.4 Å². The number of nitrogens with one attached hydrogen (secondary N) is 1. The number of rotatable bonds is 5. The molecule has 1 N–H and O–H groups in total. The Morgan fingerprint density at radius 3 is 2.92 bits per heavy atom. The van der Waals surface area contributed by atoms with E-state index in [1.807, 2.05) is 35.9 Å². The van der Waals surface area contributed by atoms with E-state index in [9.17, 15) is 9.59 Å². The average Bonchev–Trinajstić information content (AvgIpc) is 3.24. The molecule has 5 nitrogen and oxygen atoms in total. The fourth-order valence-corrected chi connectivity index (χ4v) is 4.06. The second-order valence-electron chi connectivity index (χ2n) is 5.22. The summed E-state index contributed by atoms with van der Waals surface area (Å²) in [5.74, 6) is -0.149. The van der Waals surface area contributed by atoms with Gasteiger partial charge in [0.15, 0.2) is 11.9 Å². The van der Waals surface area contributed by atoms with Crippen molar-refractivity contribution in [3.63, 3.8) is 0 Å². The van der Waals surface area contributed by atoms with Crippen LogP contribution in [0.2, 0.25) is 0 Å². The summed E-state index contributed by atoms with van der Waals surface area (Å²) < 4.78 is 5.28. The first-order valence-electron chi connectivity index (χ1n) is 7.65.